The highest BCUT2D eigenvalue weighted by Gasteiger charge is 2.51. The van der Waals surface area contributed by atoms with Crippen molar-refractivity contribution in [3.05, 3.63) is 271 Å². The molecule has 2 aliphatic rings. The van der Waals surface area contributed by atoms with Crippen LogP contribution in [0.25, 0.3) is 77.2 Å². The van der Waals surface area contributed by atoms with Crippen molar-refractivity contribution >= 4 is 38.6 Å². The largest absolute Gasteiger partial charge is 0.310 e. The highest BCUT2D eigenvalue weighted by atomic mass is 15.1. The summed E-state index contributed by atoms with van der Waals surface area (Å²) in [6, 6.07) is 92.0. The Morgan fingerprint density at radius 1 is 0.234 bits per heavy atom. The molecule has 13 rings (SSSR count). The van der Waals surface area contributed by atoms with E-state index < -0.39 is 5.41 Å². The first-order chi connectivity index (χ1) is 31.7. The summed E-state index contributed by atoms with van der Waals surface area (Å²) in [5.41, 5.74) is 20.8. The van der Waals surface area contributed by atoms with Crippen molar-refractivity contribution in [3.8, 4) is 55.6 Å². The van der Waals surface area contributed by atoms with Crippen LogP contribution in [0.4, 0.5) is 17.1 Å². The number of hydrogen-bond acceptors (Lipinski definition) is 1. The van der Waals surface area contributed by atoms with Gasteiger partial charge >= 0.3 is 0 Å². The molecule has 0 bridgehead atoms. The van der Waals surface area contributed by atoms with Crippen molar-refractivity contribution in [1.29, 1.82) is 0 Å². The molecule has 0 atom stereocenters. The summed E-state index contributed by atoms with van der Waals surface area (Å²) in [5.74, 6) is 0. The van der Waals surface area contributed by atoms with Crippen LogP contribution in [0.1, 0.15) is 22.3 Å². The first-order valence-corrected chi connectivity index (χ1v) is 22.2. The maximum absolute atomic E-state index is 2.48. The Morgan fingerprint density at radius 2 is 0.672 bits per heavy atom. The first-order valence-electron chi connectivity index (χ1n) is 22.2. The fourth-order valence-electron chi connectivity index (χ4n) is 11.1. The maximum Gasteiger partial charge on any atom is 0.0726 e. The van der Waals surface area contributed by atoms with E-state index in [9.17, 15) is 0 Å². The standard InChI is InChI=1S/C63H41N/c1-2-14-42(15-3-1)43-30-34-48(35-31-43)64(49-36-32-46(33-37-49)52-23-13-18-45-28-29-47(40-58(45)52)53-24-12-17-44-16-4-5-19-51(44)53)50-38-39-57-56-22-8-11-27-61(56)63(62(57)41-50)59-25-9-6-20-54(59)55-21-7-10-26-60(55)63/h1-41H. The number of anilines is 3. The molecule has 11 aromatic rings. The lowest BCUT2D eigenvalue weighted by atomic mass is 9.70. The number of rotatable bonds is 6. The van der Waals surface area contributed by atoms with Gasteiger partial charge in [-0.2, -0.15) is 0 Å². The predicted octanol–water partition coefficient (Wildman–Crippen LogP) is 16.8. The Labute approximate surface area is 373 Å². The molecular formula is C63H41N. The summed E-state index contributed by atoms with van der Waals surface area (Å²) < 4.78 is 0. The quantitative estimate of drug-likeness (QED) is 0.162. The minimum Gasteiger partial charge on any atom is -0.310 e. The maximum atomic E-state index is 2.48. The molecule has 1 spiro atoms. The van der Waals surface area contributed by atoms with Gasteiger partial charge in [0.25, 0.3) is 0 Å². The average Bonchev–Trinajstić information content (AvgIpc) is 3.84. The second kappa shape index (κ2) is 14.4. The Bertz CT molecular complexity index is 3530. The SMILES string of the molecule is c1ccc(-c2ccc(N(c3ccc(-c4cccc5ccc(-c6cccc7ccccc67)cc45)cc3)c3ccc4c(c3)C3(c5ccccc5-c5ccccc53)c3ccccc3-4)cc2)cc1. The van der Waals surface area contributed by atoms with Gasteiger partial charge in [-0.1, -0.05) is 206 Å². The van der Waals surface area contributed by atoms with Crippen molar-refractivity contribution < 1.29 is 0 Å². The molecule has 0 radical (unpaired) electrons. The van der Waals surface area contributed by atoms with Crippen LogP contribution < -0.4 is 4.90 Å². The van der Waals surface area contributed by atoms with Gasteiger partial charge in [0.1, 0.15) is 0 Å². The highest BCUT2D eigenvalue weighted by Crippen LogP contribution is 2.63. The van der Waals surface area contributed by atoms with Gasteiger partial charge < -0.3 is 4.90 Å². The van der Waals surface area contributed by atoms with Gasteiger partial charge in [0.15, 0.2) is 0 Å². The summed E-state index contributed by atoms with van der Waals surface area (Å²) in [6.07, 6.45) is 0. The van der Waals surface area contributed by atoms with E-state index >= 15 is 0 Å². The Hall–Kier alpha value is -8.26. The van der Waals surface area contributed by atoms with Gasteiger partial charge in [0, 0.05) is 17.1 Å². The predicted molar refractivity (Wildman–Crippen MR) is 269 cm³/mol. The van der Waals surface area contributed by atoms with Gasteiger partial charge in [0.2, 0.25) is 0 Å². The minimum atomic E-state index is -0.429. The summed E-state index contributed by atoms with van der Waals surface area (Å²) >= 11 is 0. The molecule has 298 valence electrons. The molecule has 0 unspecified atom stereocenters. The van der Waals surface area contributed by atoms with Crippen LogP contribution in [0, 0.1) is 0 Å². The molecule has 0 amide bonds. The van der Waals surface area contributed by atoms with E-state index in [1.54, 1.807) is 0 Å². The highest BCUT2D eigenvalue weighted by molar-refractivity contribution is 6.03. The Kier molecular flexibility index (Phi) is 8.20. The van der Waals surface area contributed by atoms with Gasteiger partial charge in [-0.15, -0.1) is 0 Å². The monoisotopic (exact) mass is 811 g/mol. The van der Waals surface area contributed by atoms with Crippen molar-refractivity contribution in [2.75, 3.05) is 4.90 Å². The van der Waals surface area contributed by atoms with Crippen LogP contribution in [0.5, 0.6) is 0 Å². The van der Waals surface area contributed by atoms with Crippen molar-refractivity contribution in [1.82, 2.24) is 0 Å². The fourth-order valence-corrected chi connectivity index (χ4v) is 11.1. The molecule has 2 aliphatic carbocycles. The van der Waals surface area contributed by atoms with Crippen LogP contribution in [-0.4, -0.2) is 0 Å². The van der Waals surface area contributed by atoms with Crippen LogP contribution in [0.15, 0.2) is 249 Å². The molecule has 0 saturated carbocycles. The van der Waals surface area contributed by atoms with Gasteiger partial charge in [-0.3, -0.25) is 0 Å². The lowest BCUT2D eigenvalue weighted by Crippen LogP contribution is -2.26. The minimum absolute atomic E-state index is 0.429. The Morgan fingerprint density at radius 3 is 1.31 bits per heavy atom. The molecular weight excluding hydrogens is 771 g/mol. The van der Waals surface area contributed by atoms with Crippen LogP contribution in [0.3, 0.4) is 0 Å². The number of benzene rings is 11. The Balaban J connectivity index is 0.969. The van der Waals surface area contributed by atoms with E-state index in [1.165, 1.54) is 99.4 Å². The zero-order chi connectivity index (χ0) is 42.2. The topological polar surface area (TPSA) is 3.24 Å². The van der Waals surface area contributed by atoms with Crippen LogP contribution in [0.2, 0.25) is 0 Å². The molecule has 0 aliphatic heterocycles. The van der Waals surface area contributed by atoms with Crippen molar-refractivity contribution in [2.24, 2.45) is 0 Å². The van der Waals surface area contributed by atoms with E-state index in [4.69, 9.17) is 0 Å². The fraction of sp³-hybridized carbons (Fsp3) is 0.0159. The van der Waals surface area contributed by atoms with E-state index in [-0.39, 0.29) is 0 Å². The normalized spacial score (nSPS) is 12.8. The lowest BCUT2D eigenvalue weighted by Gasteiger charge is -2.32. The molecule has 11 aromatic carbocycles. The first kappa shape index (κ1) is 36.4. The molecule has 0 fully saturated rings. The molecule has 0 heterocycles. The second-order valence-corrected chi connectivity index (χ2v) is 17.2. The van der Waals surface area contributed by atoms with E-state index in [2.05, 4.69) is 254 Å². The number of hydrogen-bond donors (Lipinski definition) is 0. The zero-order valence-electron chi connectivity index (χ0n) is 35.1. The average molecular weight is 812 g/mol. The van der Waals surface area contributed by atoms with Crippen LogP contribution in [-0.2, 0) is 5.41 Å². The molecule has 1 nitrogen and oxygen atoms in total. The van der Waals surface area contributed by atoms with E-state index in [0.717, 1.165) is 17.1 Å². The third-order valence-electron chi connectivity index (χ3n) is 13.9. The van der Waals surface area contributed by atoms with Gasteiger partial charge in [0.05, 0.1) is 5.41 Å². The summed E-state index contributed by atoms with van der Waals surface area (Å²) in [6.45, 7) is 0. The zero-order valence-corrected chi connectivity index (χ0v) is 35.1. The summed E-state index contributed by atoms with van der Waals surface area (Å²) in [5, 5.41) is 5.00. The summed E-state index contributed by atoms with van der Waals surface area (Å²) in [4.78, 5) is 2.43. The number of fused-ring (bicyclic) bond motifs is 12. The third kappa shape index (κ3) is 5.44. The van der Waals surface area contributed by atoms with Gasteiger partial charge in [-0.25, -0.2) is 0 Å². The lowest BCUT2D eigenvalue weighted by molar-refractivity contribution is 0.793. The molecule has 0 aromatic heterocycles. The van der Waals surface area contributed by atoms with Gasteiger partial charge in [-0.05, 0) is 142 Å². The van der Waals surface area contributed by atoms with Crippen LogP contribution >= 0.6 is 0 Å². The van der Waals surface area contributed by atoms with Crippen molar-refractivity contribution in [3.63, 3.8) is 0 Å². The molecule has 0 saturated heterocycles. The van der Waals surface area contributed by atoms with E-state index in [0.29, 0.717) is 0 Å². The second-order valence-electron chi connectivity index (χ2n) is 17.2. The number of nitrogens with zero attached hydrogens (tertiary/aromatic N) is 1. The molecule has 64 heavy (non-hydrogen) atoms. The molecule has 0 N–H and O–H groups in total. The smallest absolute Gasteiger partial charge is 0.0726 e. The molecule has 1 heteroatoms. The van der Waals surface area contributed by atoms with Crippen molar-refractivity contribution in [2.45, 2.75) is 5.41 Å². The van der Waals surface area contributed by atoms with E-state index in [1.807, 2.05) is 0 Å². The summed E-state index contributed by atoms with van der Waals surface area (Å²) in [7, 11) is 0. The third-order valence-corrected chi connectivity index (χ3v) is 13.9.